The first-order chi connectivity index (χ1) is 3.80. The third-order valence-corrected chi connectivity index (χ3v) is 1.47. The largest absolute Gasteiger partial charge is 0.269 e. The van der Waals surface area contributed by atoms with Crippen LogP contribution in [0, 0.1) is 0 Å². The molecule has 1 heterocycles. The number of rotatable bonds is 0. The highest BCUT2D eigenvalue weighted by molar-refractivity contribution is 7.00. The summed E-state index contributed by atoms with van der Waals surface area (Å²) in [5, 5.41) is 0.663. The van der Waals surface area contributed by atoms with Gasteiger partial charge in [0.1, 0.15) is 0 Å². The number of hydrogen-bond acceptors (Lipinski definition) is 2. The molecule has 0 N–H and O–H groups in total. The fourth-order valence-electron chi connectivity index (χ4n) is 0.427. The molecule has 0 amide bonds. The van der Waals surface area contributed by atoms with Gasteiger partial charge in [-0.1, -0.05) is 23.2 Å². The minimum atomic E-state index is 0.331. The first-order valence-corrected chi connectivity index (χ1v) is 2.96. The lowest BCUT2D eigenvalue weighted by molar-refractivity contribution is 0.972. The maximum absolute atomic E-state index is 5.45. The highest BCUT2D eigenvalue weighted by Crippen LogP contribution is 2.00. The lowest BCUT2D eigenvalue weighted by atomic mass is 10.6. The van der Waals surface area contributed by atoms with Crippen LogP contribution in [-0.4, -0.2) is 23.4 Å². The highest BCUT2D eigenvalue weighted by atomic mass is 35.5. The van der Waals surface area contributed by atoms with E-state index in [2.05, 4.69) is 9.98 Å². The van der Waals surface area contributed by atoms with Crippen molar-refractivity contribution in [3.05, 3.63) is 0 Å². The van der Waals surface area contributed by atoms with Crippen LogP contribution < -0.4 is 0 Å². The number of nitrogens with zero attached hydrogens (tertiary/aromatic N) is 2. The summed E-state index contributed by atoms with van der Waals surface area (Å²) in [6.07, 6.45) is 0. The molecule has 2 nitrogen and oxygen atoms in total. The molecular formula is C4H4Cl2N2. The molecule has 1 aliphatic rings. The molecule has 0 aliphatic carbocycles. The molecule has 4 heteroatoms. The van der Waals surface area contributed by atoms with Gasteiger partial charge in [-0.05, 0) is 0 Å². The summed E-state index contributed by atoms with van der Waals surface area (Å²) in [4.78, 5) is 7.66. The lowest BCUT2D eigenvalue weighted by Gasteiger charge is -1.99. The van der Waals surface area contributed by atoms with Crippen molar-refractivity contribution < 1.29 is 0 Å². The van der Waals surface area contributed by atoms with Crippen LogP contribution in [0.15, 0.2) is 9.98 Å². The van der Waals surface area contributed by atoms with E-state index >= 15 is 0 Å². The lowest BCUT2D eigenvalue weighted by Crippen LogP contribution is -2.08. The Kier molecular flexibility index (Phi) is 1.86. The van der Waals surface area contributed by atoms with Crippen molar-refractivity contribution >= 4 is 33.5 Å². The Hall–Kier alpha value is -0.0800. The molecule has 0 aromatic heterocycles. The summed E-state index contributed by atoms with van der Waals surface area (Å²) in [5.74, 6) is 0. The van der Waals surface area contributed by atoms with Gasteiger partial charge < -0.3 is 0 Å². The van der Waals surface area contributed by atoms with Gasteiger partial charge in [-0.25, -0.2) is 0 Å². The van der Waals surface area contributed by atoms with Gasteiger partial charge in [0, 0.05) is 0 Å². The zero-order valence-corrected chi connectivity index (χ0v) is 5.58. The molecule has 0 bridgehead atoms. The fraction of sp³-hybridized carbons (Fsp3) is 0.500. The molecule has 0 unspecified atom stereocenters. The van der Waals surface area contributed by atoms with Crippen molar-refractivity contribution in [3.63, 3.8) is 0 Å². The van der Waals surface area contributed by atoms with Crippen LogP contribution in [-0.2, 0) is 0 Å². The van der Waals surface area contributed by atoms with E-state index in [1.807, 2.05) is 0 Å². The molecule has 1 rings (SSSR count). The van der Waals surface area contributed by atoms with Crippen molar-refractivity contribution in [2.75, 3.05) is 13.1 Å². The Labute approximate surface area is 57.2 Å². The molecule has 0 radical (unpaired) electrons. The van der Waals surface area contributed by atoms with E-state index in [1.54, 1.807) is 0 Å². The van der Waals surface area contributed by atoms with Gasteiger partial charge in [0.2, 0.25) is 0 Å². The maximum Gasteiger partial charge on any atom is 0.160 e. The van der Waals surface area contributed by atoms with Gasteiger partial charge in [-0.3, -0.25) is 9.98 Å². The van der Waals surface area contributed by atoms with E-state index in [9.17, 15) is 0 Å². The second-order valence-electron chi connectivity index (χ2n) is 1.35. The normalized spacial score (nSPS) is 19.8. The number of halogens is 2. The first kappa shape index (κ1) is 6.05. The quantitative estimate of drug-likeness (QED) is 0.498. The Balaban J connectivity index is 2.73. The zero-order chi connectivity index (χ0) is 5.98. The van der Waals surface area contributed by atoms with Crippen molar-refractivity contribution in [3.8, 4) is 0 Å². The molecule has 0 saturated heterocycles. The third-order valence-electron chi connectivity index (χ3n) is 0.771. The van der Waals surface area contributed by atoms with E-state index in [0.29, 0.717) is 23.4 Å². The standard InChI is InChI=1S/C4H4Cl2N2/c5-3-4(6)8-2-1-7-3/h1-2H2. The molecule has 44 valence electrons. The van der Waals surface area contributed by atoms with Crippen LogP contribution in [0.1, 0.15) is 0 Å². The van der Waals surface area contributed by atoms with Gasteiger partial charge in [0.15, 0.2) is 10.3 Å². The highest BCUT2D eigenvalue weighted by Gasteiger charge is 2.04. The van der Waals surface area contributed by atoms with Gasteiger partial charge >= 0.3 is 0 Å². The summed E-state index contributed by atoms with van der Waals surface area (Å²) < 4.78 is 0. The van der Waals surface area contributed by atoms with Gasteiger partial charge in [0.25, 0.3) is 0 Å². The predicted octanol–water partition coefficient (Wildman–Crippen LogP) is 1.27. The molecule has 0 saturated carbocycles. The smallest absolute Gasteiger partial charge is 0.160 e. The molecule has 0 aromatic rings. The molecule has 8 heavy (non-hydrogen) atoms. The third kappa shape index (κ3) is 1.20. The second kappa shape index (κ2) is 2.46. The fourth-order valence-corrected chi connectivity index (χ4v) is 0.715. The summed E-state index contributed by atoms with van der Waals surface area (Å²) in [6, 6.07) is 0. The van der Waals surface area contributed by atoms with Crippen LogP contribution in [0.5, 0.6) is 0 Å². The Morgan fingerprint density at radius 2 is 1.38 bits per heavy atom. The Bertz CT molecular complexity index is 132. The van der Waals surface area contributed by atoms with Crippen LogP contribution >= 0.6 is 23.2 Å². The maximum atomic E-state index is 5.45. The van der Waals surface area contributed by atoms with Crippen LogP contribution in [0.3, 0.4) is 0 Å². The molecule has 0 fully saturated rings. The second-order valence-corrected chi connectivity index (χ2v) is 2.06. The molecule has 1 aliphatic heterocycles. The predicted molar refractivity (Wildman–Crippen MR) is 36.3 cm³/mol. The molecular weight excluding hydrogens is 147 g/mol. The van der Waals surface area contributed by atoms with Crippen LogP contribution in [0.25, 0.3) is 0 Å². The zero-order valence-electron chi connectivity index (χ0n) is 4.06. The summed E-state index contributed by atoms with van der Waals surface area (Å²) in [7, 11) is 0. The van der Waals surface area contributed by atoms with Crippen molar-refractivity contribution in [1.82, 2.24) is 0 Å². The molecule has 0 atom stereocenters. The summed E-state index contributed by atoms with van der Waals surface area (Å²) in [5.41, 5.74) is 0. The average Bonchev–Trinajstić information content (AvgIpc) is 1.77. The van der Waals surface area contributed by atoms with Crippen LogP contribution in [0.2, 0.25) is 0 Å². The Morgan fingerprint density at radius 1 is 1.00 bits per heavy atom. The molecule has 0 aromatic carbocycles. The van der Waals surface area contributed by atoms with Gasteiger partial charge in [-0.2, -0.15) is 0 Å². The Morgan fingerprint density at radius 3 is 1.62 bits per heavy atom. The first-order valence-electron chi connectivity index (χ1n) is 2.21. The summed E-state index contributed by atoms with van der Waals surface area (Å²) >= 11 is 10.9. The minimum Gasteiger partial charge on any atom is -0.269 e. The van der Waals surface area contributed by atoms with Gasteiger partial charge in [0.05, 0.1) is 13.1 Å². The van der Waals surface area contributed by atoms with E-state index < -0.39 is 0 Å². The number of aliphatic imine (C=N–C) groups is 2. The van der Waals surface area contributed by atoms with E-state index in [-0.39, 0.29) is 0 Å². The van der Waals surface area contributed by atoms with Gasteiger partial charge in [-0.15, -0.1) is 0 Å². The van der Waals surface area contributed by atoms with Crippen molar-refractivity contribution in [1.29, 1.82) is 0 Å². The topological polar surface area (TPSA) is 24.7 Å². The summed E-state index contributed by atoms with van der Waals surface area (Å²) in [6.45, 7) is 1.32. The SMILES string of the molecule is ClC1=NCCN=C1Cl. The average molecular weight is 151 g/mol. The van der Waals surface area contributed by atoms with Crippen LogP contribution in [0.4, 0.5) is 0 Å². The van der Waals surface area contributed by atoms with Crippen molar-refractivity contribution in [2.24, 2.45) is 9.98 Å². The van der Waals surface area contributed by atoms with Crippen molar-refractivity contribution in [2.45, 2.75) is 0 Å². The minimum absolute atomic E-state index is 0.331. The molecule has 0 spiro atoms. The number of hydrogen-bond donors (Lipinski definition) is 0. The van der Waals surface area contributed by atoms with E-state index in [0.717, 1.165) is 0 Å². The monoisotopic (exact) mass is 150 g/mol. The van der Waals surface area contributed by atoms with E-state index in [1.165, 1.54) is 0 Å². The van der Waals surface area contributed by atoms with E-state index in [4.69, 9.17) is 23.2 Å².